The lowest BCUT2D eigenvalue weighted by atomic mass is 10.1. The monoisotopic (exact) mass is 420 g/mol. The molecule has 152 valence electrons. The van der Waals surface area contributed by atoms with Gasteiger partial charge in [0.15, 0.2) is 5.82 Å². The Kier molecular flexibility index (Phi) is 5.37. The Labute approximate surface area is 176 Å². The van der Waals surface area contributed by atoms with E-state index in [1.165, 1.54) is 17.8 Å². The van der Waals surface area contributed by atoms with Crippen molar-refractivity contribution < 1.29 is 4.79 Å². The molecule has 8 nitrogen and oxygen atoms in total. The molecule has 0 saturated heterocycles. The molecule has 0 bridgehead atoms. The second-order valence-electron chi connectivity index (χ2n) is 6.86. The number of aromatic amines is 1. The normalized spacial score (nSPS) is 11.0. The molecule has 0 unspecified atom stereocenters. The van der Waals surface area contributed by atoms with Crippen molar-refractivity contribution in [3.8, 4) is 5.82 Å². The molecule has 1 amide bonds. The third-order valence-electron chi connectivity index (χ3n) is 4.50. The van der Waals surface area contributed by atoms with Crippen molar-refractivity contribution in [3.63, 3.8) is 0 Å². The molecule has 0 aliphatic carbocycles. The topological polar surface area (TPSA) is 106 Å². The average molecular weight is 420 g/mol. The number of benzene rings is 1. The third-order valence-corrected chi connectivity index (χ3v) is 5.07. The Morgan fingerprint density at radius 3 is 2.77 bits per heavy atom. The number of carbonyl (C=O) groups excluding carboxylic acids is 1. The Hall–Kier alpha value is -3.46. The van der Waals surface area contributed by atoms with Crippen molar-refractivity contribution in [2.24, 2.45) is 0 Å². The van der Waals surface area contributed by atoms with Crippen LogP contribution in [-0.4, -0.2) is 36.9 Å². The molecule has 9 heteroatoms. The molecule has 1 aromatic carbocycles. The van der Waals surface area contributed by atoms with Gasteiger partial charge in [0.2, 0.25) is 0 Å². The summed E-state index contributed by atoms with van der Waals surface area (Å²) in [5, 5.41) is 8.36. The molecule has 4 rings (SSSR count). The van der Waals surface area contributed by atoms with Crippen LogP contribution >= 0.6 is 11.8 Å². The number of aromatic nitrogens is 5. The van der Waals surface area contributed by atoms with Crippen molar-refractivity contribution in [3.05, 3.63) is 75.6 Å². The van der Waals surface area contributed by atoms with Crippen LogP contribution in [0.3, 0.4) is 0 Å². The fourth-order valence-corrected chi connectivity index (χ4v) is 3.62. The van der Waals surface area contributed by atoms with Crippen LogP contribution in [0.4, 0.5) is 5.82 Å². The van der Waals surface area contributed by atoms with E-state index in [0.29, 0.717) is 23.2 Å². The third kappa shape index (κ3) is 3.97. The standard InChI is InChI=1S/C21H20N6O2S/c1-12-8-18(23-15-7-5-4-6-14(12)15)27-19(9-13(2)26-27)25-21(29)16-10-20(28)24-17(22-16)11-30-3/h4-10H,11H2,1-3H3,(H,25,29)(H,22,24,28). The van der Waals surface area contributed by atoms with Crippen molar-refractivity contribution in [2.75, 3.05) is 11.6 Å². The zero-order valence-corrected chi connectivity index (χ0v) is 17.6. The molecule has 0 atom stereocenters. The number of para-hydroxylation sites is 1. The quantitative estimate of drug-likeness (QED) is 0.513. The van der Waals surface area contributed by atoms with E-state index < -0.39 is 5.91 Å². The van der Waals surface area contributed by atoms with E-state index in [4.69, 9.17) is 0 Å². The minimum Gasteiger partial charge on any atom is -0.310 e. The fraction of sp³-hybridized carbons (Fsp3) is 0.190. The number of thioether (sulfide) groups is 1. The second-order valence-corrected chi connectivity index (χ2v) is 7.73. The van der Waals surface area contributed by atoms with Crippen LogP contribution in [0, 0.1) is 13.8 Å². The maximum absolute atomic E-state index is 12.8. The summed E-state index contributed by atoms with van der Waals surface area (Å²) in [7, 11) is 0. The summed E-state index contributed by atoms with van der Waals surface area (Å²) in [4.78, 5) is 36.3. The summed E-state index contributed by atoms with van der Waals surface area (Å²) >= 11 is 1.51. The number of aryl methyl sites for hydroxylation is 2. The zero-order chi connectivity index (χ0) is 21.3. The van der Waals surface area contributed by atoms with Gasteiger partial charge in [0.05, 0.1) is 17.0 Å². The summed E-state index contributed by atoms with van der Waals surface area (Å²) in [6.07, 6.45) is 1.90. The number of rotatable bonds is 5. The first-order valence-electron chi connectivity index (χ1n) is 9.28. The molecule has 4 aromatic rings. The van der Waals surface area contributed by atoms with Crippen LogP contribution in [0.2, 0.25) is 0 Å². The molecule has 0 spiro atoms. The van der Waals surface area contributed by atoms with E-state index in [-0.39, 0.29) is 11.3 Å². The molecule has 3 heterocycles. The molecule has 30 heavy (non-hydrogen) atoms. The number of hydrogen-bond acceptors (Lipinski definition) is 6. The fourth-order valence-electron chi connectivity index (χ4n) is 3.21. The van der Waals surface area contributed by atoms with E-state index in [0.717, 1.165) is 22.2 Å². The Bertz CT molecular complexity index is 1310. The molecule has 0 fully saturated rings. The van der Waals surface area contributed by atoms with Crippen molar-refractivity contribution in [1.29, 1.82) is 0 Å². The van der Waals surface area contributed by atoms with E-state index in [1.807, 2.05) is 50.4 Å². The first-order valence-corrected chi connectivity index (χ1v) is 10.7. The van der Waals surface area contributed by atoms with Crippen LogP contribution in [0.15, 0.2) is 47.3 Å². The minimum atomic E-state index is -0.484. The van der Waals surface area contributed by atoms with E-state index >= 15 is 0 Å². The highest BCUT2D eigenvalue weighted by atomic mass is 32.2. The van der Waals surface area contributed by atoms with Crippen molar-refractivity contribution in [2.45, 2.75) is 19.6 Å². The number of pyridine rings is 1. The highest BCUT2D eigenvalue weighted by Crippen LogP contribution is 2.22. The average Bonchev–Trinajstić information content (AvgIpc) is 3.08. The Balaban J connectivity index is 1.71. The van der Waals surface area contributed by atoms with Crippen LogP contribution in [0.1, 0.15) is 27.6 Å². The number of H-pyrrole nitrogens is 1. The van der Waals surface area contributed by atoms with E-state index in [9.17, 15) is 9.59 Å². The second kappa shape index (κ2) is 8.11. The summed E-state index contributed by atoms with van der Waals surface area (Å²) in [6.45, 7) is 3.84. The number of amides is 1. The Morgan fingerprint density at radius 1 is 1.17 bits per heavy atom. The van der Waals surface area contributed by atoms with Crippen LogP contribution in [0.25, 0.3) is 16.7 Å². The predicted molar refractivity (Wildman–Crippen MR) is 118 cm³/mol. The molecular formula is C21H20N6O2S. The number of nitrogens with one attached hydrogen (secondary N) is 2. The van der Waals surface area contributed by atoms with Gasteiger partial charge < -0.3 is 10.3 Å². The van der Waals surface area contributed by atoms with Crippen LogP contribution in [-0.2, 0) is 5.75 Å². The van der Waals surface area contributed by atoms with Gasteiger partial charge in [0.1, 0.15) is 17.3 Å². The zero-order valence-electron chi connectivity index (χ0n) is 16.8. The molecule has 0 aliphatic heterocycles. The number of nitrogens with zero attached hydrogens (tertiary/aromatic N) is 4. The van der Waals surface area contributed by atoms with Gasteiger partial charge in [-0.05, 0) is 37.8 Å². The lowest BCUT2D eigenvalue weighted by molar-refractivity contribution is 0.102. The maximum atomic E-state index is 12.8. The maximum Gasteiger partial charge on any atom is 0.275 e. The summed E-state index contributed by atoms with van der Waals surface area (Å²) < 4.78 is 1.59. The number of fused-ring (bicyclic) bond motifs is 1. The minimum absolute atomic E-state index is 0.0517. The van der Waals surface area contributed by atoms with Gasteiger partial charge in [0.25, 0.3) is 11.5 Å². The molecule has 2 N–H and O–H groups in total. The van der Waals surface area contributed by atoms with Gasteiger partial charge >= 0.3 is 0 Å². The van der Waals surface area contributed by atoms with Crippen LogP contribution < -0.4 is 10.9 Å². The highest BCUT2D eigenvalue weighted by Gasteiger charge is 2.16. The van der Waals surface area contributed by atoms with E-state index in [1.54, 1.807) is 10.7 Å². The molecule has 0 radical (unpaired) electrons. The Morgan fingerprint density at radius 2 is 1.97 bits per heavy atom. The first kappa shape index (κ1) is 19.8. The molecule has 0 saturated carbocycles. The van der Waals surface area contributed by atoms with Gasteiger partial charge in [-0.1, -0.05) is 18.2 Å². The number of hydrogen-bond donors (Lipinski definition) is 2. The van der Waals surface area contributed by atoms with Gasteiger partial charge in [-0.2, -0.15) is 21.5 Å². The number of anilines is 1. The molecular weight excluding hydrogens is 400 g/mol. The lowest BCUT2D eigenvalue weighted by Gasteiger charge is -2.10. The summed E-state index contributed by atoms with van der Waals surface area (Å²) in [5.41, 5.74) is 2.31. The largest absolute Gasteiger partial charge is 0.310 e. The number of carbonyl (C=O) groups is 1. The van der Waals surface area contributed by atoms with Crippen molar-refractivity contribution >= 4 is 34.4 Å². The molecule has 0 aliphatic rings. The smallest absolute Gasteiger partial charge is 0.275 e. The first-order chi connectivity index (χ1) is 14.4. The van der Waals surface area contributed by atoms with Crippen LogP contribution in [0.5, 0.6) is 0 Å². The SMILES string of the molecule is CSCc1nc(C(=O)Nc2cc(C)nn2-c2cc(C)c3ccccc3n2)cc(=O)[nH]1. The lowest BCUT2D eigenvalue weighted by Crippen LogP contribution is -2.21. The summed E-state index contributed by atoms with van der Waals surface area (Å²) in [6, 6.07) is 12.7. The molecule has 3 aromatic heterocycles. The highest BCUT2D eigenvalue weighted by molar-refractivity contribution is 7.97. The van der Waals surface area contributed by atoms with Gasteiger partial charge in [-0.15, -0.1) is 0 Å². The van der Waals surface area contributed by atoms with Gasteiger partial charge in [-0.3, -0.25) is 9.59 Å². The van der Waals surface area contributed by atoms with Crippen molar-refractivity contribution in [1.82, 2.24) is 24.7 Å². The summed E-state index contributed by atoms with van der Waals surface area (Å²) in [5.74, 6) is 1.52. The van der Waals surface area contributed by atoms with Gasteiger partial charge in [0, 0.05) is 17.5 Å². The van der Waals surface area contributed by atoms with E-state index in [2.05, 4.69) is 25.4 Å². The predicted octanol–water partition coefficient (Wildman–Crippen LogP) is 3.24. The van der Waals surface area contributed by atoms with Gasteiger partial charge in [-0.25, -0.2) is 9.97 Å².